The molecule has 0 fully saturated rings. The molecule has 1 aromatic heterocycles. The van der Waals surface area contributed by atoms with Gasteiger partial charge in [-0.15, -0.1) is 0 Å². The maximum atomic E-state index is 5.55. The zero-order chi connectivity index (χ0) is 11.1. The second-order valence-corrected chi connectivity index (χ2v) is 3.23. The van der Waals surface area contributed by atoms with E-state index in [1.165, 1.54) is 0 Å². The molecule has 1 unspecified atom stereocenters. The minimum absolute atomic E-state index is 0.0563. The van der Waals surface area contributed by atoms with Gasteiger partial charge in [0.05, 0.1) is 19.3 Å². The van der Waals surface area contributed by atoms with Gasteiger partial charge in [0.25, 0.3) is 0 Å². The van der Waals surface area contributed by atoms with Gasteiger partial charge in [-0.1, -0.05) is 6.07 Å². The Labute approximate surface area is 89.6 Å². The summed E-state index contributed by atoms with van der Waals surface area (Å²) in [6, 6.07) is 3.77. The second kappa shape index (κ2) is 6.34. The molecule has 1 heterocycles. The monoisotopic (exact) mass is 211 g/mol. The lowest BCUT2D eigenvalue weighted by Crippen LogP contribution is -2.16. The van der Waals surface area contributed by atoms with Gasteiger partial charge in [-0.3, -0.25) is 0 Å². The van der Waals surface area contributed by atoms with Gasteiger partial charge in [0.15, 0.2) is 0 Å². The van der Waals surface area contributed by atoms with E-state index in [2.05, 4.69) is 10.4 Å². The molecule has 1 atom stereocenters. The molecule has 1 aromatic rings. The third-order valence-electron chi connectivity index (χ3n) is 1.95. The Morgan fingerprint density at radius 1 is 1.60 bits per heavy atom. The van der Waals surface area contributed by atoms with Crippen molar-refractivity contribution in [1.82, 2.24) is 4.98 Å². The van der Waals surface area contributed by atoms with Gasteiger partial charge in [-0.25, -0.2) is 10.8 Å². The molecule has 15 heavy (non-hydrogen) atoms. The van der Waals surface area contributed by atoms with Crippen molar-refractivity contribution in [3.05, 3.63) is 23.9 Å². The van der Waals surface area contributed by atoms with Crippen molar-refractivity contribution in [2.45, 2.75) is 19.6 Å². The summed E-state index contributed by atoms with van der Waals surface area (Å²) in [6.45, 7) is 3.00. The first-order chi connectivity index (χ1) is 7.27. The Balaban J connectivity index is 2.49. The zero-order valence-electron chi connectivity index (χ0n) is 9.06. The number of nitrogen functional groups attached to an aromatic ring is 1. The van der Waals surface area contributed by atoms with Crippen LogP contribution in [0.5, 0.6) is 0 Å². The van der Waals surface area contributed by atoms with E-state index < -0.39 is 0 Å². The molecule has 0 saturated carbocycles. The summed E-state index contributed by atoms with van der Waals surface area (Å²) in [7, 11) is 1.65. The maximum Gasteiger partial charge on any atom is 0.145 e. The van der Waals surface area contributed by atoms with Crippen LogP contribution in [0, 0.1) is 0 Å². The Hall–Kier alpha value is -1.17. The summed E-state index contributed by atoms with van der Waals surface area (Å²) in [5.41, 5.74) is 3.46. The van der Waals surface area contributed by atoms with Crippen LogP contribution in [-0.4, -0.2) is 24.8 Å². The third-order valence-corrected chi connectivity index (χ3v) is 1.95. The highest BCUT2D eigenvalue weighted by Gasteiger charge is 2.05. The van der Waals surface area contributed by atoms with Gasteiger partial charge in [-0.05, 0) is 13.0 Å². The molecule has 3 N–H and O–H groups in total. The number of nitrogens with zero attached hydrogens (tertiary/aromatic N) is 1. The number of methoxy groups -OCH3 is 1. The third kappa shape index (κ3) is 3.83. The molecule has 5 heteroatoms. The first-order valence-corrected chi connectivity index (χ1v) is 4.79. The molecule has 0 aliphatic rings. The number of pyridine rings is 1. The largest absolute Gasteiger partial charge is 0.382 e. The van der Waals surface area contributed by atoms with Crippen LogP contribution in [0.1, 0.15) is 12.5 Å². The summed E-state index contributed by atoms with van der Waals surface area (Å²) in [5, 5.41) is 0. The van der Waals surface area contributed by atoms with Gasteiger partial charge in [0.2, 0.25) is 0 Å². The summed E-state index contributed by atoms with van der Waals surface area (Å²) in [5.74, 6) is 5.96. The fourth-order valence-corrected chi connectivity index (χ4v) is 1.20. The quantitative estimate of drug-likeness (QED) is 0.541. The molecule has 0 saturated heterocycles. The highest BCUT2D eigenvalue weighted by atomic mass is 16.5. The summed E-state index contributed by atoms with van der Waals surface area (Å²) >= 11 is 0. The highest BCUT2D eigenvalue weighted by Crippen LogP contribution is 2.12. The summed E-state index contributed by atoms with van der Waals surface area (Å²) in [6.07, 6.45) is 1.73. The molecule has 0 aliphatic heterocycles. The Bertz CT molecular complexity index is 294. The van der Waals surface area contributed by atoms with Crippen molar-refractivity contribution < 1.29 is 9.47 Å². The van der Waals surface area contributed by atoms with Crippen LogP contribution < -0.4 is 11.3 Å². The minimum atomic E-state index is 0.0563. The van der Waals surface area contributed by atoms with Gasteiger partial charge >= 0.3 is 0 Å². The number of nitrogens with two attached hydrogens (primary N) is 1. The lowest BCUT2D eigenvalue weighted by molar-refractivity contribution is -0.00000581. The van der Waals surface area contributed by atoms with Gasteiger partial charge in [0, 0.05) is 18.9 Å². The van der Waals surface area contributed by atoms with E-state index in [1.54, 1.807) is 13.3 Å². The topological polar surface area (TPSA) is 69.4 Å². The van der Waals surface area contributed by atoms with Gasteiger partial charge in [0.1, 0.15) is 5.82 Å². The van der Waals surface area contributed by atoms with Crippen molar-refractivity contribution >= 4 is 5.82 Å². The summed E-state index contributed by atoms with van der Waals surface area (Å²) < 4.78 is 10.5. The fraction of sp³-hybridized carbons (Fsp3) is 0.500. The molecule has 0 radical (unpaired) electrons. The SMILES string of the molecule is COCC(C)OCc1cccnc1NN. The first kappa shape index (κ1) is 11.9. The van der Waals surface area contributed by atoms with Crippen molar-refractivity contribution in [3.63, 3.8) is 0 Å². The molecule has 0 spiro atoms. The lowest BCUT2D eigenvalue weighted by atomic mass is 10.3. The number of aromatic nitrogens is 1. The van der Waals surface area contributed by atoms with E-state index in [4.69, 9.17) is 15.3 Å². The maximum absolute atomic E-state index is 5.55. The van der Waals surface area contributed by atoms with Crippen LogP contribution >= 0.6 is 0 Å². The van der Waals surface area contributed by atoms with Crippen LogP contribution in [0.2, 0.25) is 0 Å². The predicted molar refractivity (Wildman–Crippen MR) is 58.2 cm³/mol. The number of hydrogen-bond acceptors (Lipinski definition) is 5. The summed E-state index contributed by atoms with van der Waals surface area (Å²) in [4.78, 5) is 4.07. The van der Waals surface area contributed by atoms with E-state index in [1.807, 2.05) is 19.1 Å². The van der Waals surface area contributed by atoms with Crippen molar-refractivity contribution in [3.8, 4) is 0 Å². The fourth-order valence-electron chi connectivity index (χ4n) is 1.20. The number of nitrogens with one attached hydrogen (secondary N) is 1. The van der Waals surface area contributed by atoms with Crippen molar-refractivity contribution in [2.24, 2.45) is 5.84 Å². The zero-order valence-corrected chi connectivity index (χ0v) is 9.06. The average molecular weight is 211 g/mol. The molecule has 1 rings (SSSR count). The number of hydrazine groups is 1. The van der Waals surface area contributed by atoms with E-state index in [9.17, 15) is 0 Å². The first-order valence-electron chi connectivity index (χ1n) is 4.79. The Morgan fingerprint density at radius 2 is 2.40 bits per heavy atom. The number of hydrogen-bond donors (Lipinski definition) is 2. The van der Waals surface area contributed by atoms with Crippen molar-refractivity contribution in [2.75, 3.05) is 19.1 Å². The molecular formula is C10H17N3O2. The second-order valence-electron chi connectivity index (χ2n) is 3.23. The Morgan fingerprint density at radius 3 is 3.07 bits per heavy atom. The normalized spacial score (nSPS) is 12.5. The van der Waals surface area contributed by atoms with Crippen molar-refractivity contribution in [1.29, 1.82) is 0 Å². The smallest absolute Gasteiger partial charge is 0.145 e. The Kier molecular flexibility index (Phi) is 5.03. The molecule has 0 amide bonds. The van der Waals surface area contributed by atoms with Crippen LogP contribution in [0.25, 0.3) is 0 Å². The van der Waals surface area contributed by atoms with E-state index in [0.29, 0.717) is 19.0 Å². The van der Waals surface area contributed by atoms with Crippen LogP contribution in [0.3, 0.4) is 0 Å². The molecule has 0 aromatic carbocycles. The molecule has 0 bridgehead atoms. The van der Waals surface area contributed by atoms with E-state index in [-0.39, 0.29) is 6.10 Å². The molecule has 0 aliphatic carbocycles. The number of anilines is 1. The molecule has 5 nitrogen and oxygen atoms in total. The highest BCUT2D eigenvalue weighted by molar-refractivity contribution is 5.41. The van der Waals surface area contributed by atoms with Crippen LogP contribution in [-0.2, 0) is 16.1 Å². The standard InChI is InChI=1S/C10H17N3O2/c1-8(6-14-2)15-7-9-4-3-5-12-10(9)13-11/h3-5,8H,6-7,11H2,1-2H3,(H,12,13). The average Bonchev–Trinajstić information content (AvgIpc) is 2.27. The molecule has 84 valence electrons. The van der Waals surface area contributed by atoms with Crippen LogP contribution in [0.15, 0.2) is 18.3 Å². The van der Waals surface area contributed by atoms with E-state index in [0.717, 1.165) is 5.56 Å². The van der Waals surface area contributed by atoms with Gasteiger partial charge in [-0.2, -0.15) is 0 Å². The number of rotatable bonds is 6. The van der Waals surface area contributed by atoms with Crippen LogP contribution in [0.4, 0.5) is 5.82 Å². The predicted octanol–water partition coefficient (Wildman–Crippen LogP) is 0.919. The van der Waals surface area contributed by atoms with Gasteiger partial charge < -0.3 is 14.9 Å². The molecular weight excluding hydrogens is 194 g/mol. The lowest BCUT2D eigenvalue weighted by Gasteiger charge is -2.13. The minimum Gasteiger partial charge on any atom is -0.382 e. The van der Waals surface area contributed by atoms with E-state index >= 15 is 0 Å². The number of ether oxygens (including phenoxy) is 2.